The molecule has 0 aliphatic rings. The number of aliphatic hydroxyl groups excluding tert-OH is 2. The van der Waals surface area contributed by atoms with Crippen LogP contribution in [0.25, 0.3) is 0 Å². The summed E-state index contributed by atoms with van der Waals surface area (Å²) in [5.74, 6) is -0.0603. The first kappa shape index (κ1) is 45.1. The first-order valence-electron chi connectivity index (χ1n) is 20.9. The zero-order valence-corrected chi connectivity index (χ0v) is 31.4. The quantitative estimate of drug-likeness (QED) is 0.0460. The molecule has 4 nitrogen and oxygen atoms in total. The molecule has 0 aromatic heterocycles. The molecule has 274 valence electrons. The smallest absolute Gasteiger partial charge is 0.220 e. The van der Waals surface area contributed by atoms with Crippen LogP contribution in [0.3, 0.4) is 0 Å². The molecule has 0 aliphatic carbocycles. The molecule has 0 bridgehead atoms. The van der Waals surface area contributed by atoms with Crippen molar-refractivity contribution in [2.24, 2.45) is 0 Å². The lowest BCUT2D eigenvalue weighted by atomic mass is 10.0. The molecule has 2 atom stereocenters. The topological polar surface area (TPSA) is 69.6 Å². The summed E-state index contributed by atoms with van der Waals surface area (Å²) < 4.78 is 0. The van der Waals surface area contributed by atoms with Crippen LogP contribution in [-0.4, -0.2) is 34.9 Å². The van der Waals surface area contributed by atoms with Crippen molar-refractivity contribution < 1.29 is 15.0 Å². The van der Waals surface area contributed by atoms with Crippen LogP contribution in [0.1, 0.15) is 232 Å². The van der Waals surface area contributed by atoms with Gasteiger partial charge in [0.2, 0.25) is 5.91 Å². The number of rotatable bonds is 38. The summed E-state index contributed by atoms with van der Waals surface area (Å²) in [7, 11) is 0. The van der Waals surface area contributed by atoms with Gasteiger partial charge in [-0.2, -0.15) is 0 Å². The zero-order chi connectivity index (χ0) is 33.6. The van der Waals surface area contributed by atoms with Gasteiger partial charge in [-0.3, -0.25) is 4.79 Å². The number of allylic oxidation sites excluding steroid dienone is 1. The lowest BCUT2D eigenvalue weighted by Crippen LogP contribution is -2.45. The van der Waals surface area contributed by atoms with Crippen molar-refractivity contribution in [2.75, 3.05) is 6.61 Å². The van der Waals surface area contributed by atoms with Gasteiger partial charge in [0.05, 0.1) is 18.8 Å². The van der Waals surface area contributed by atoms with E-state index in [4.69, 9.17) is 0 Å². The molecule has 0 heterocycles. The molecule has 0 unspecified atom stereocenters. The Balaban J connectivity index is 3.55. The van der Waals surface area contributed by atoms with Gasteiger partial charge in [-0.15, -0.1) is 0 Å². The molecule has 1 amide bonds. The molecular weight excluding hydrogens is 566 g/mol. The molecule has 0 saturated heterocycles. The van der Waals surface area contributed by atoms with Crippen LogP contribution in [0.2, 0.25) is 0 Å². The van der Waals surface area contributed by atoms with Gasteiger partial charge in [0, 0.05) is 6.42 Å². The summed E-state index contributed by atoms with van der Waals surface area (Å²) in [6, 6.07) is -0.615. The summed E-state index contributed by atoms with van der Waals surface area (Å²) in [5, 5.41) is 23.0. The standard InChI is InChI=1S/C42H83NO3/c1-3-5-7-9-11-13-15-17-19-21-23-25-27-29-31-33-35-37-41(45)40(39-44)43-42(46)38-36-34-32-30-28-26-24-22-20-18-16-14-12-10-8-6-4-2/h35,37,40-41,44-45H,3-34,36,38-39H2,1-2H3,(H,43,46)/b37-35+/t40-,41+/m0/s1. The Morgan fingerprint density at radius 1 is 0.500 bits per heavy atom. The second-order valence-corrected chi connectivity index (χ2v) is 14.4. The van der Waals surface area contributed by atoms with Gasteiger partial charge in [0.1, 0.15) is 0 Å². The Labute approximate surface area is 288 Å². The van der Waals surface area contributed by atoms with Crippen molar-refractivity contribution >= 4 is 5.91 Å². The number of hydrogen-bond donors (Lipinski definition) is 3. The van der Waals surface area contributed by atoms with E-state index in [0.717, 1.165) is 25.7 Å². The van der Waals surface area contributed by atoms with E-state index in [1.165, 1.54) is 186 Å². The summed E-state index contributed by atoms with van der Waals surface area (Å²) in [5.41, 5.74) is 0. The predicted octanol–water partition coefficient (Wildman–Crippen LogP) is 12.7. The fourth-order valence-corrected chi connectivity index (χ4v) is 6.53. The molecular formula is C42H83NO3. The fraction of sp³-hybridized carbons (Fsp3) is 0.929. The first-order valence-corrected chi connectivity index (χ1v) is 20.9. The number of hydrogen-bond acceptors (Lipinski definition) is 3. The van der Waals surface area contributed by atoms with Crippen LogP contribution >= 0.6 is 0 Å². The second kappa shape index (κ2) is 38.6. The maximum absolute atomic E-state index is 12.4. The summed E-state index contributed by atoms with van der Waals surface area (Å²) in [6.45, 7) is 4.32. The molecule has 0 saturated carbocycles. The minimum atomic E-state index is -0.833. The van der Waals surface area contributed by atoms with Gasteiger partial charge in [0.25, 0.3) is 0 Å². The van der Waals surface area contributed by atoms with E-state index in [1.807, 2.05) is 6.08 Å². The molecule has 3 N–H and O–H groups in total. The molecule has 0 rings (SSSR count). The number of unbranched alkanes of at least 4 members (excludes halogenated alkanes) is 31. The molecule has 0 aromatic carbocycles. The van der Waals surface area contributed by atoms with Crippen LogP contribution < -0.4 is 5.32 Å². The fourth-order valence-electron chi connectivity index (χ4n) is 6.53. The number of amides is 1. The normalized spacial score (nSPS) is 13.0. The summed E-state index contributed by atoms with van der Waals surface area (Å²) in [4.78, 5) is 12.4. The molecule has 0 aromatic rings. The highest BCUT2D eigenvalue weighted by molar-refractivity contribution is 5.76. The molecule has 0 spiro atoms. The van der Waals surface area contributed by atoms with Crippen molar-refractivity contribution in [3.8, 4) is 0 Å². The second-order valence-electron chi connectivity index (χ2n) is 14.4. The van der Waals surface area contributed by atoms with Crippen LogP contribution in [0.15, 0.2) is 12.2 Å². The van der Waals surface area contributed by atoms with Crippen molar-refractivity contribution in [3.05, 3.63) is 12.2 Å². The number of carbonyl (C=O) groups is 1. The Kier molecular flexibility index (Phi) is 37.8. The van der Waals surface area contributed by atoms with Gasteiger partial charge in [0.15, 0.2) is 0 Å². The van der Waals surface area contributed by atoms with Crippen LogP contribution in [0, 0.1) is 0 Å². The lowest BCUT2D eigenvalue weighted by molar-refractivity contribution is -0.123. The largest absolute Gasteiger partial charge is 0.394 e. The Bertz CT molecular complexity index is 622. The van der Waals surface area contributed by atoms with Gasteiger partial charge in [-0.25, -0.2) is 0 Å². The third-order valence-corrected chi connectivity index (χ3v) is 9.77. The summed E-state index contributed by atoms with van der Waals surface area (Å²) in [6.07, 6.45) is 47.4. The van der Waals surface area contributed by atoms with E-state index < -0.39 is 12.1 Å². The zero-order valence-electron chi connectivity index (χ0n) is 31.4. The molecule has 0 fully saturated rings. The van der Waals surface area contributed by atoms with Crippen molar-refractivity contribution in [1.29, 1.82) is 0 Å². The maximum Gasteiger partial charge on any atom is 0.220 e. The van der Waals surface area contributed by atoms with Crippen LogP contribution in [-0.2, 0) is 4.79 Å². The van der Waals surface area contributed by atoms with Crippen LogP contribution in [0.5, 0.6) is 0 Å². The van der Waals surface area contributed by atoms with E-state index in [2.05, 4.69) is 19.2 Å². The monoisotopic (exact) mass is 650 g/mol. The Morgan fingerprint density at radius 3 is 1.13 bits per heavy atom. The van der Waals surface area contributed by atoms with Gasteiger partial charge < -0.3 is 15.5 Å². The highest BCUT2D eigenvalue weighted by atomic mass is 16.3. The van der Waals surface area contributed by atoms with E-state index in [9.17, 15) is 15.0 Å². The van der Waals surface area contributed by atoms with E-state index >= 15 is 0 Å². The number of aliphatic hydroxyl groups is 2. The SMILES string of the molecule is CCCCCCCCCCCCCCCCC/C=C/[C@@H](O)[C@H](CO)NC(=O)CCCCCCCCCCCCCCCCCCC. The minimum Gasteiger partial charge on any atom is -0.394 e. The van der Waals surface area contributed by atoms with E-state index in [0.29, 0.717) is 6.42 Å². The average molecular weight is 650 g/mol. The van der Waals surface area contributed by atoms with Gasteiger partial charge in [-0.05, 0) is 19.3 Å². The minimum absolute atomic E-state index is 0.0603. The summed E-state index contributed by atoms with van der Waals surface area (Å²) >= 11 is 0. The third-order valence-electron chi connectivity index (χ3n) is 9.77. The van der Waals surface area contributed by atoms with Crippen LogP contribution in [0.4, 0.5) is 0 Å². The molecule has 0 radical (unpaired) electrons. The third kappa shape index (κ3) is 34.5. The van der Waals surface area contributed by atoms with Crippen molar-refractivity contribution in [2.45, 2.75) is 244 Å². The van der Waals surface area contributed by atoms with E-state index in [-0.39, 0.29) is 12.5 Å². The lowest BCUT2D eigenvalue weighted by Gasteiger charge is -2.20. The van der Waals surface area contributed by atoms with E-state index in [1.54, 1.807) is 6.08 Å². The maximum atomic E-state index is 12.4. The Hall–Kier alpha value is -0.870. The Morgan fingerprint density at radius 2 is 0.804 bits per heavy atom. The van der Waals surface area contributed by atoms with Crippen molar-refractivity contribution in [3.63, 3.8) is 0 Å². The number of carbonyl (C=O) groups excluding carboxylic acids is 1. The first-order chi connectivity index (χ1) is 22.7. The van der Waals surface area contributed by atoms with Gasteiger partial charge in [-0.1, -0.05) is 219 Å². The molecule has 4 heteroatoms. The highest BCUT2D eigenvalue weighted by Crippen LogP contribution is 2.16. The van der Waals surface area contributed by atoms with Gasteiger partial charge >= 0.3 is 0 Å². The molecule has 46 heavy (non-hydrogen) atoms. The predicted molar refractivity (Wildman–Crippen MR) is 202 cm³/mol. The highest BCUT2D eigenvalue weighted by Gasteiger charge is 2.17. The number of nitrogens with one attached hydrogen (secondary N) is 1. The molecule has 0 aliphatic heterocycles. The average Bonchev–Trinajstić information content (AvgIpc) is 3.06. The van der Waals surface area contributed by atoms with Crippen molar-refractivity contribution in [1.82, 2.24) is 5.32 Å².